The maximum Gasteiger partial charge on any atom is 0.343 e. The van der Waals surface area contributed by atoms with Gasteiger partial charge >= 0.3 is 25.7 Å². The Kier molecular flexibility index (Phi) is 12.1. The second-order valence-corrected chi connectivity index (χ2v) is 31.1. The summed E-state index contributed by atoms with van der Waals surface area (Å²) in [5.41, 5.74) is 3.27. The van der Waals surface area contributed by atoms with E-state index in [1.54, 1.807) is 0 Å². The third kappa shape index (κ3) is 11.3. The van der Waals surface area contributed by atoms with Gasteiger partial charge in [-0.2, -0.15) is 0 Å². The monoisotopic (exact) mass is 556 g/mol. The standard InChI is InChI=1S/C25H52O4Si5/c1-13-16-22-31(7,8)27-34(12,23-24(4)25-20-18-17-19-21-25)29-33(11,15-3)28-32(9,10)26-30(5,6)14-2/h15,17-21,24H,3,13-14,16,22-23H2,1-2,4-12H3. The topological polar surface area (TPSA) is 36.9 Å². The van der Waals surface area contributed by atoms with Gasteiger partial charge in [0.25, 0.3) is 0 Å². The molecule has 0 aliphatic rings. The van der Waals surface area contributed by atoms with Gasteiger partial charge in [0.05, 0.1) is 0 Å². The second-order valence-electron chi connectivity index (χ2n) is 11.7. The van der Waals surface area contributed by atoms with Gasteiger partial charge < -0.3 is 16.5 Å². The van der Waals surface area contributed by atoms with E-state index in [1.165, 1.54) is 18.4 Å². The quantitative estimate of drug-likeness (QED) is 0.191. The molecule has 0 saturated heterocycles. The van der Waals surface area contributed by atoms with Gasteiger partial charge in [-0.05, 0) is 82.0 Å². The van der Waals surface area contributed by atoms with Crippen LogP contribution in [0.2, 0.25) is 70.5 Å². The van der Waals surface area contributed by atoms with Crippen molar-refractivity contribution in [1.29, 1.82) is 0 Å². The summed E-state index contributed by atoms with van der Waals surface area (Å²) in [4.78, 5) is 0. The van der Waals surface area contributed by atoms with E-state index in [4.69, 9.17) is 16.5 Å². The Bertz CT molecular complexity index is 759. The zero-order valence-electron chi connectivity index (χ0n) is 23.9. The molecule has 0 spiro atoms. The molecule has 0 bridgehead atoms. The Hall–Kier alpha value is -0.116. The van der Waals surface area contributed by atoms with Crippen LogP contribution in [0, 0.1) is 0 Å². The van der Waals surface area contributed by atoms with Crippen LogP contribution in [0.4, 0.5) is 0 Å². The molecule has 0 aliphatic carbocycles. The highest BCUT2D eigenvalue weighted by molar-refractivity contribution is 6.92. The van der Waals surface area contributed by atoms with Crippen LogP contribution >= 0.6 is 0 Å². The van der Waals surface area contributed by atoms with Crippen LogP contribution in [0.5, 0.6) is 0 Å². The van der Waals surface area contributed by atoms with E-state index in [-0.39, 0.29) is 0 Å². The number of unbranched alkanes of at least 4 members (excludes halogenated alkanes) is 1. The van der Waals surface area contributed by atoms with Crippen molar-refractivity contribution in [1.82, 2.24) is 0 Å². The van der Waals surface area contributed by atoms with E-state index in [1.807, 2.05) is 5.70 Å². The molecule has 0 aromatic heterocycles. The van der Waals surface area contributed by atoms with E-state index < -0.39 is 42.3 Å². The molecular formula is C25H52O4Si5. The highest BCUT2D eigenvalue weighted by Gasteiger charge is 2.49. The molecule has 9 heteroatoms. The number of hydrogen-bond donors (Lipinski definition) is 0. The van der Waals surface area contributed by atoms with E-state index >= 15 is 0 Å². The summed E-state index contributed by atoms with van der Waals surface area (Å²) in [6, 6.07) is 13.8. The Morgan fingerprint density at radius 2 is 1.41 bits per heavy atom. The van der Waals surface area contributed by atoms with Crippen LogP contribution in [0.3, 0.4) is 0 Å². The molecule has 1 aromatic carbocycles. The van der Waals surface area contributed by atoms with Crippen molar-refractivity contribution >= 4 is 42.3 Å². The fraction of sp³-hybridized carbons (Fsp3) is 0.680. The minimum Gasteiger partial charge on any atom is -0.436 e. The van der Waals surface area contributed by atoms with Crippen LogP contribution < -0.4 is 0 Å². The van der Waals surface area contributed by atoms with E-state index in [9.17, 15) is 0 Å². The third-order valence-corrected chi connectivity index (χ3v) is 26.7. The Morgan fingerprint density at radius 1 is 0.824 bits per heavy atom. The highest BCUT2D eigenvalue weighted by Crippen LogP contribution is 2.35. The summed E-state index contributed by atoms with van der Waals surface area (Å²) in [5.74, 6) is 0.352. The predicted molar refractivity (Wildman–Crippen MR) is 160 cm³/mol. The maximum absolute atomic E-state index is 7.10. The van der Waals surface area contributed by atoms with Crippen molar-refractivity contribution in [3.05, 3.63) is 48.2 Å². The van der Waals surface area contributed by atoms with Gasteiger partial charge in [0.2, 0.25) is 0 Å². The zero-order chi connectivity index (χ0) is 26.3. The lowest BCUT2D eigenvalue weighted by Crippen LogP contribution is -2.60. The van der Waals surface area contributed by atoms with Crippen LogP contribution in [0.25, 0.3) is 0 Å². The fourth-order valence-corrected chi connectivity index (χ4v) is 28.4. The fourth-order valence-electron chi connectivity index (χ4n) is 4.58. The minimum atomic E-state index is -2.72. The molecule has 0 aliphatic heterocycles. The second kappa shape index (κ2) is 12.9. The molecule has 0 heterocycles. The number of rotatable bonds is 16. The van der Waals surface area contributed by atoms with Crippen molar-refractivity contribution in [3.8, 4) is 0 Å². The Labute approximate surface area is 216 Å². The van der Waals surface area contributed by atoms with Crippen molar-refractivity contribution in [2.24, 2.45) is 0 Å². The molecule has 34 heavy (non-hydrogen) atoms. The molecular weight excluding hydrogens is 505 g/mol. The average molecular weight is 557 g/mol. The van der Waals surface area contributed by atoms with Gasteiger partial charge in [-0.15, -0.1) is 6.58 Å². The summed E-state index contributed by atoms with van der Waals surface area (Å²) in [7, 11) is -11.4. The van der Waals surface area contributed by atoms with Crippen molar-refractivity contribution in [2.75, 3.05) is 0 Å². The van der Waals surface area contributed by atoms with E-state index in [2.05, 4.69) is 110 Å². The summed E-state index contributed by atoms with van der Waals surface area (Å²) >= 11 is 0. The molecule has 0 N–H and O–H groups in total. The van der Waals surface area contributed by atoms with Gasteiger partial charge in [-0.3, -0.25) is 0 Å². The normalized spacial score (nSPS) is 17.6. The van der Waals surface area contributed by atoms with E-state index in [0.29, 0.717) is 5.92 Å². The van der Waals surface area contributed by atoms with Crippen molar-refractivity contribution < 1.29 is 16.5 Å². The first-order valence-corrected chi connectivity index (χ1v) is 27.0. The molecule has 196 valence electrons. The van der Waals surface area contributed by atoms with E-state index in [0.717, 1.165) is 18.1 Å². The molecule has 4 nitrogen and oxygen atoms in total. The van der Waals surface area contributed by atoms with Crippen LogP contribution in [0.15, 0.2) is 42.6 Å². The lowest BCUT2D eigenvalue weighted by atomic mass is 10.0. The zero-order valence-corrected chi connectivity index (χ0v) is 28.9. The first-order chi connectivity index (χ1) is 15.5. The Balaban J connectivity index is 3.23. The van der Waals surface area contributed by atoms with Gasteiger partial charge in [-0.25, -0.2) is 0 Å². The largest absolute Gasteiger partial charge is 0.436 e. The minimum absolute atomic E-state index is 0.352. The maximum atomic E-state index is 7.10. The lowest BCUT2D eigenvalue weighted by molar-refractivity contribution is 0.296. The molecule has 0 amide bonds. The van der Waals surface area contributed by atoms with Crippen LogP contribution in [-0.2, 0) is 16.5 Å². The molecule has 1 rings (SSSR count). The Morgan fingerprint density at radius 3 is 1.91 bits per heavy atom. The third-order valence-electron chi connectivity index (χ3n) is 6.28. The summed E-state index contributed by atoms with van der Waals surface area (Å²) in [6.07, 6.45) is 2.39. The van der Waals surface area contributed by atoms with Crippen molar-refractivity contribution in [2.45, 2.75) is 110 Å². The van der Waals surface area contributed by atoms with Crippen LogP contribution in [-0.4, -0.2) is 42.3 Å². The molecule has 0 radical (unpaired) electrons. The lowest BCUT2D eigenvalue weighted by Gasteiger charge is -2.44. The molecule has 1 aromatic rings. The van der Waals surface area contributed by atoms with Crippen molar-refractivity contribution in [3.63, 3.8) is 0 Å². The van der Waals surface area contributed by atoms with Crippen LogP contribution in [0.1, 0.15) is 45.1 Å². The highest BCUT2D eigenvalue weighted by atomic mass is 28.5. The predicted octanol–water partition coefficient (Wildman–Crippen LogP) is 8.66. The molecule has 3 atom stereocenters. The first kappa shape index (κ1) is 31.9. The molecule has 0 fully saturated rings. The van der Waals surface area contributed by atoms with Gasteiger partial charge in [0.15, 0.2) is 16.6 Å². The SMILES string of the molecule is C=C[Si](C)(O[Si](C)(C)O[Si](C)(C)CC)O[Si](C)(CC(C)c1ccccc1)O[Si](C)(C)CCCC. The molecule has 0 saturated carbocycles. The molecule has 3 unspecified atom stereocenters. The summed E-state index contributed by atoms with van der Waals surface area (Å²) in [5, 5.41) is 0. The smallest absolute Gasteiger partial charge is 0.343 e. The summed E-state index contributed by atoms with van der Waals surface area (Å²) in [6.45, 7) is 28.8. The summed E-state index contributed by atoms with van der Waals surface area (Å²) < 4.78 is 27.6. The first-order valence-electron chi connectivity index (χ1n) is 13.0. The average Bonchev–Trinajstić information content (AvgIpc) is 2.70. The van der Waals surface area contributed by atoms with Gasteiger partial charge in [-0.1, -0.05) is 69.6 Å². The number of hydrogen-bond acceptors (Lipinski definition) is 4. The number of benzene rings is 1. The van der Waals surface area contributed by atoms with Gasteiger partial charge in [0, 0.05) is 0 Å². The van der Waals surface area contributed by atoms with Gasteiger partial charge in [0.1, 0.15) is 0 Å².